The van der Waals surface area contributed by atoms with Crippen molar-refractivity contribution in [1.82, 2.24) is 9.97 Å². The predicted molar refractivity (Wildman–Crippen MR) is 92.8 cm³/mol. The molecule has 0 saturated heterocycles. The lowest BCUT2D eigenvalue weighted by molar-refractivity contribution is -0.118. The number of hydrogen-bond acceptors (Lipinski definition) is 4. The number of nitrogens with one attached hydrogen (secondary N) is 1. The van der Waals surface area contributed by atoms with Crippen molar-refractivity contribution in [2.75, 3.05) is 11.9 Å². The predicted octanol–water partition coefficient (Wildman–Crippen LogP) is 3.47. The smallest absolute Gasteiger partial charge is 0.262 e. The van der Waals surface area contributed by atoms with E-state index in [1.807, 2.05) is 61.5 Å². The number of carbonyl (C=O) groups excluding carboxylic acids is 1. The van der Waals surface area contributed by atoms with Crippen LogP contribution in [0.25, 0.3) is 11.4 Å². The molecule has 0 fully saturated rings. The topological polar surface area (TPSA) is 64.1 Å². The molecule has 0 spiro atoms. The molecule has 0 unspecified atom stereocenters. The Hall–Kier alpha value is -3.21. The van der Waals surface area contributed by atoms with E-state index >= 15 is 0 Å². The Morgan fingerprint density at radius 3 is 2.33 bits per heavy atom. The van der Waals surface area contributed by atoms with E-state index in [1.165, 1.54) is 0 Å². The van der Waals surface area contributed by atoms with Crippen LogP contribution in [0.1, 0.15) is 5.56 Å². The molecular formula is C19H17N3O2. The van der Waals surface area contributed by atoms with Gasteiger partial charge in [-0.05, 0) is 19.1 Å². The molecule has 5 heteroatoms. The summed E-state index contributed by atoms with van der Waals surface area (Å²) in [5, 5.41) is 2.71. The van der Waals surface area contributed by atoms with Crippen LogP contribution in [0, 0.1) is 6.92 Å². The fourth-order valence-corrected chi connectivity index (χ4v) is 2.11. The van der Waals surface area contributed by atoms with Gasteiger partial charge in [0.2, 0.25) is 0 Å². The number of carbonyl (C=O) groups is 1. The molecule has 0 saturated carbocycles. The SMILES string of the molecule is Cc1ccc(OCC(=O)Nc2cnc(-c3ccccc3)nc2)cc1. The first-order valence-electron chi connectivity index (χ1n) is 7.57. The van der Waals surface area contributed by atoms with E-state index in [9.17, 15) is 4.79 Å². The summed E-state index contributed by atoms with van der Waals surface area (Å²) in [6.07, 6.45) is 3.16. The van der Waals surface area contributed by atoms with Gasteiger partial charge in [0.05, 0.1) is 18.1 Å². The molecule has 0 aliphatic rings. The largest absolute Gasteiger partial charge is 0.484 e. The molecule has 0 atom stereocenters. The normalized spacial score (nSPS) is 10.2. The minimum atomic E-state index is -0.258. The first kappa shape index (κ1) is 15.7. The van der Waals surface area contributed by atoms with Crippen molar-refractivity contribution in [1.29, 1.82) is 0 Å². The van der Waals surface area contributed by atoms with E-state index in [0.29, 0.717) is 17.3 Å². The molecule has 0 aliphatic heterocycles. The number of benzene rings is 2. The lowest BCUT2D eigenvalue weighted by Crippen LogP contribution is -2.20. The van der Waals surface area contributed by atoms with E-state index < -0.39 is 0 Å². The van der Waals surface area contributed by atoms with Gasteiger partial charge in [-0.3, -0.25) is 4.79 Å². The maximum atomic E-state index is 11.9. The molecule has 1 amide bonds. The van der Waals surface area contributed by atoms with Crippen LogP contribution in [-0.2, 0) is 4.79 Å². The zero-order chi connectivity index (χ0) is 16.8. The molecule has 1 heterocycles. The Morgan fingerprint density at radius 2 is 1.67 bits per heavy atom. The zero-order valence-electron chi connectivity index (χ0n) is 13.3. The summed E-state index contributed by atoms with van der Waals surface area (Å²) in [4.78, 5) is 20.4. The second-order valence-corrected chi connectivity index (χ2v) is 5.31. The summed E-state index contributed by atoms with van der Waals surface area (Å²) in [6.45, 7) is 1.93. The van der Waals surface area contributed by atoms with Crippen molar-refractivity contribution in [3.05, 3.63) is 72.6 Å². The lowest BCUT2D eigenvalue weighted by Gasteiger charge is -2.08. The fourth-order valence-electron chi connectivity index (χ4n) is 2.11. The highest BCUT2D eigenvalue weighted by atomic mass is 16.5. The first-order chi connectivity index (χ1) is 11.7. The number of amides is 1. The second kappa shape index (κ2) is 7.37. The Bertz CT molecular complexity index is 800. The molecule has 0 aliphatic carbocycles. The third-order valence-electron chi connectivity index (χ3n) is 3.36. The maximum Gasteiger partial charge on any atom is 0.262 e. The molecule has 3 rings (SSSR count). The van der Waals surface area contributed by atoms with E-state index in [2.05, 4.69) is 15.3 Å². The van der Waals surface area contributed by atoms with Crippen LogP contribution in [0.5, 0.6) is 5.75 Å². The molecule has 2 aromatic carbocycles. The van der Waals surface area contributed by atoms with Crippen molar-refractivity contribution in [2.24, 2.45) is 0 Å². The molecule has 5 nitrogen and oxygen atoms in total. The van der Waals surface area contributed by atoms with Gasteiger partial charge in [0.1, 0.15) is 5.75 Å². The minimum absolute atomic E-state index is 0.0660. The van der Waals surface area contributed by atoms with Crippen LogP contribution in [0.15, 0.2) is 67.0 Å². The van der Waals surface area contributed by atoms with Crippen molar-refractivity contribution >= 4 is 11.6 Å². The zero-order valence-corrected chi connectivity index (χ0v) is 13.3. The summed E-state index contributed by atoms with van der Waals surface area (Å²) in [6, 6.07) is 17.2. The average Bonchev–Trinajstić information content (AvgIpc) is 2.63. The maximum absolute atomic E-state index is 11.9. The van der Waals surface area contributed by atoms with E-state index in [-0.39, 0.29) is 12.5 Å². The molecular weight excluding hydrogens is 302 g/mol. The number of aromatic nitrogens is 2. The highest BCUT2D eigenvalue weighted by Gasteiger charge is 2.06. The van der Waals surface area contributed by atoms with E-state index in [0.717, 1.165) is 11.1 Å². The number of nitrogens with zero attached hydrogens (tertiary/aromatic N) is 2. The molecule has 1 aromatic heterocycles. The lowest BCUT2D eigenvalue weighted by atomic mass is 10.2. The average molecular weight is 319 g/mol. The van der Waals surface area contributed by atoms with Crippen LogP contribution < -0.4 is 10.1 Å². The first-order valence-corrected chi connectivity index (χ1v) is 7.57. The van der Waals surface area contributed by atoms with Gasteiger partial charge in [-0.15, -0.1) is 0 Å². The molecule has 0 radical (unpaired) electrons. The van der Waals surface area contributed by atoms with Crippen molar-refractivity contribution in [3.8, 4) is 17.1 Å². The summed E-state index contributed by atoms with van der Waals surface area (Å²) in [7, 11) is 0. The van der Waals surface area contributed by atoms with Gasteiger partial charge in [0.15, 0.2) is 12.4 Å². The minimum Gasteiger partial charge on any atom is -0.484 e. The van der Waals surface area contributed by atoms with Gasteiger partial charge >= 0.3 is 0 Å². The fraction of sp³-hybridized carbons (Fsp3) is 0.105. The Labute approximate surface area is 140 Å². The monoisotopic (exact) mass is 319 g/mol. The van der Waals surface area contributed by atoms with Gasteiger partial charge in [-0.1, -0.05) is 48.0 Å². The van der Waals surface area contributed by atoms with Crippen LogP contribution in [0.2, 0.25) is 0 Å². The third kappa shape index (κ3) is 4.16. The van der Waals surface area contributed by atoms with Gasteiger partial charge in [0, 0.05) is 5.56 Å². The summed E-state index contributed by atoms with van der Waals surface area (Å²) in [5.74, 6) is 1.02. The van der Waals surface area contributed by atoms with Gasteiger partial charge in [-0.2, -0.15) is 0 Å². The van der Waals surface area contributed by atoms with Crippen LogP contribution in [0.3, 0.4) is 0 Å². The molecule has 0 bridgehead atoms. The van der Waals surface area contributed by atoms with Gasteiger partial charge < -0.3 is 10.1 Å². The Morgan fingerprint density at radius 1 is 1.00 bits per heavy atom. The van der Waals surface area contributed by atoms with E-state index in [4.69, 9.17) is 4.74 Å². The molecule has 24 heavy (non-hydrogen) atoms. The van der Waals surface area contributed by atoms with Crippen LogP contribution in [0.4, 0.5) is 5.69 Å². The summed E-state index contributed by atoms with van der Waals surface area (Å²) in [5.41, 5.74) is 2.60. The van der Waals surface area contributed by atoms with Crippen molar-refractivity contribution in [3.63, 3.8) is 0 Å². The van der Waals surface area contributed by atoms with Crippen molar-refractivity contribution < 1.29 is 9.53 Å². The molecule has 120 valence electrons. The molecule has 1 N–H and O–H groups in total. The number of anilines is 1. The third-order valence-corrected chi connectivity index (χ3v) is 3.36. The number of aryl methyl sites for hydroxylation is 1. The van der Waals surface area contributed by atoms with E-state index in [1.54, 1.807) is 12.4 Å². The number of ether oxygens (including phenoxy) is 1. The highest BCUT2D eigenvalue weighted by Crippen LogP contribution is 2.15. The quantitative estimate of drug-likeness (QED) is 0.782. The Kier molecular flexibility index (Phi) is 4.81. The van der Waals surface area contributed by atoms with Crippen molar-refractivity contribution in [2.45, 2.75) is 6.92 Å². The van der Waals surface area contributed by atoms with Crippen LogP contribution >= 0.6 is 0 Å². The number of hydrogen-bond donors (Lipinski definition) is 1. The van der Waals surface area contributed by atoms with Gasteiger partial charge in [-0.25, -0.2) is 9.97 Å². The van der Waals surface area contributed by atoms with Crippen LogP contribution in [-0.4, -0.2) is 22.5 Å². The summed E-state index contributed by atoms with van der Waals surface area (Å²) >= 11 is 0. The van der Waals surface area contributed by atoms with Gasteiger partial charge in [0.25, 0.3) is 5.91 Å². The standard InChI is InChI=1S/C19H17N3O2/c1-14-7-9-17(10-8-14)24-13-18(23)22-16-11-20-19(21-12-16)15-5-3-2-4-6-15/h2-12H,13H2,1H3,(H,22,23). The highest BCUT2D eigenvalue weighted by molar-refractivity contribution is 5.91. The second-order valence-electron chi connectivity index (χ2n) is 5.31. The number of rotatable bonds is 5. The Balaban J connectivity index is 1.55. The summed E-state index contributed by atoms with van der Waals surface area (Å²) < 4.78 is 5.44. The molecule has 3 aromatic rings.